The van der Waals surface area contributed by atoms with Crippen molar-refractivity contribution >= 4 is 5.82 Å². The maximum Gasteiger partial charge on any atom is 0.221 e. The second kappa shape index (κ2) is 5.44. The number of nitrogens with one attached hydrogen (secondary N) is 1. The topological polar surface area (TPSA) is 47.0 Å². The minimum Gasteiger partial charge on any atom is -0.481 e. The van der Waals surface area contributed by atoms with Gasteiger partial charge in [-0.05, 0) is 24.6 Å². The average molecular weight is 247 g/mol. The molecule has 2 aromatic rings. The highest BCUT2D eigenvalue weighted by molar-refractivity contribution is 5.47. The van der Waals surface area contributed by atoms with E-state index in [1.54, 1.807) is 13.2 Å². The summed E-state index contributed by atoms with van der Waals surface area (Å²) in [7, 11) is 1.56. The zero-order valence-electron chi connectivity index (χ0n) is 10.3. The van der Waals surface area contributed by atoms with Crippen molar-refractivity contribution in [2.24, 2.45) is 0 Å². The lowest BCUT2D eigenvalue weighted by Gasteiger charge is -2.10. The predicted molar refractivity (Wildman–Crippen MR) is 67.0 cm³/mol. The van der Waals surface area contributed by atoms with E-state index in [0.29, 0.717) is 18.2 Å². The summed E-state index contributed by atoms with van der Waals surface area (Å²) in [5.41, 5.74) is 1.68. The van der Waals surface area contributed by atoms with E-state index in [1.807, 2.05) is 13.0 Å². The van der Waals surface area contributed by atoms with Crippen LogP contribution in [-0.4, -0.2) is 17.1 Å². The highest BCUT2D eigenvalue weighted by Crippen LogP contribution is 2.20. The Morgan fingerprint density at radius 2 is 2.17 bits per heavy atom. The number of rotatable bonds is 4. The number of hydrogen-bond acceptors (Lipinski definition) is 4. The maximum atomic E-state index is 13.0. The van der Waals surface area contributed by atoms with Gasteiger partial charge in [-0.3, -0.25) is 0 Å². The number of hydrogen-bond donors (Lipinski definition) is 1. The van der Waals surface area contributed by atoms with Gasteiger partial charge in [0.15, 0.2) is 0 Å². The summed E-state index contributed by atoms with van der Waals surface area (Å²) in [6, 6.07) is 6.44. The molecule has 1 heterocycles. The number of aromatic nitrogens is 2. The fourth-order valence-electron chi connectivity index (χ4n) is 1.65. The van der Waals surface area contributed by atoms with Crippen LogP contribution in [0.3, 0.4) is 0 Å². The maximum absolute atomic E-state index is 13.0. The van der Waals surface area contributed by atoms with Crippen LogP contribution in [0.4, 0.5) is 10.2 Å². The van der Waals surface area contributed by atoms with E-state index in [9.17, 15) is 4.39 Å². The Hall–Kier alpha value is -2.17. The van der Waals surface area contributed by atoms with Crippen molar-refractivity contribution in [2.75, 3.05) is 12.4 Å². The number of benzene rings is 1. The van der Waals surface area contributed by atoms with Crippen molar-refractivity contribution in [2.45, 2.75) is 13.5 Å². The molecule has 5 heteroatoms. The first-order chi connectivity index (χ1) is 8.70. The fraction of sp³-hybridized carbons (Fsp3) is 0.231. The van der Waals surface area contributed by atoms with E-state index in [1.165, 1.54) is 18.5 Å². The number of ether oxygens (including phenoxy) is 1. The van der Waals surface area contributed by atoms with Crippen LogP contribution < -0.4 is 10.1 Å². The monoisotopic (exact) mass is 247 g/mol. The Morgan fingerprint density at radius 1 is 1.33 bits per heavy atom. The van der Waals surface area contributed by atoms with Gasteiger partial charge in [-0.25, -0.2) is 14.4 Å². The fourth-order valence-corrected chi connectivity index (χ4v) is 1.65. The SMILES string of the molecule is COc1ncnc(NCc2cccc(F)c2)c1C. The third kappa shape index (κ3) is 2.74. The van der Waals surface area contributed by atoms with Gasteiger partial charge in [-0.15, -0.1) is 0 Å². The minimum absolute atomic E-state index is 0.244. The summed E-state index contributed by atoms with van der Waals surface area (Å²) in [5.74, 6) is 0.976. The number of methoxy groups -OCH3 is 1. The Balaban J connectivity index is 2.11. The molecule has 0 amide bonds. The molecule has 0 atom stereocenters. The molecular formula is C13H14FN3O. The second-order valence-electron chi connectivity index (χ2n) is 3.84. The Morgan fingerprint density at radius 3 is 2.89 bits per heavy atom. The van der Waals surface area contributed by atoms with Crippen molar-refractivity contribution in [1.82, 2.24) is 9.97 Å². The Labute approximate surface area is 105 Å². The molecule has 94 valence electrons. The van der Waals surface area contributed by atoms with Crippen LogP contribution in [0.5, 0.6) is 5.88 Å². The molecule has 0 saturated carbocycles. The van der Waals surface area contributed by atoms with E-state index in [-0.39, 0.29) is 5.82 Å². The predicted octanol–water partition coefficient (Wildman–Crippen LogP) is 2.54. The molecule has 2 rings (SSSR count). The molecule has 0 aliphatic heterocycles. The van der Waals surface area contributed by atoms with Crippen molar-refractivity contribution < 1.29 is 9.13 Å². The highest BCUT2D eigenvalue weighted by atomic mass is 19.1. The van der Waals surface area contributed by atoms with Crippen molar-refractivity contribution in [1.29, 1.82) is 0 Å². The van der Waals surface area contributed by atoms with Crippen molar-refractivity contribution in [3.63, 3.8) is 0 Å². The highest BCUT2D eigenvalue weighted by Gasteiger charge is 2.06. The summed E-state index contributed by atoms with van der Waals surface area (Å²) in [4.78, 5) is 8.12. The standard InChI is InChI=1S/C13H14FN3O/c1-9-12(16-8-17-13(9)18-2)15-7-10-4-3-5-11(14)6-10/h3-6,8H,7H2,1-2H3,(H,15,16,17). The molecule has 18 heavy (non-hydrogen) atoms. The third-order valence-electron chi connectivity index (χ3n) is 2.58. The van der Waals surface area contributed by atoms with Crippen molar-refractivity contribution in [3.05, 3.63) is 47.5 Å². The van der Waals surface area contributed by atoms with Gasteiger partial charge in [0.25, 0.3) is 0 Å². The Bertz CT molecular complexity index is 546. The van der Waals surface area contributed by atoms with Gasteiger partial charge >= 0.3 is 0 Å². The molecule has 1 aromatic heterocycles. The molecule has 0 bridgehead atoms. The van der Waals surface area contributed by atoms with E-state index in [4.69, 9.17) is 4.74 Å². The summed E-state index contributed by atoms with van der Waals surface area (Å²) in [6.45, 7) is 2.37. The van der Waals surface area contributed by atoms with Gasteiger partial charge in [0.1, 0.15) is 18.0 Å². The van der Waals surface area contributed by atoms with Crippen LogP contribution in [0.25, 0.3) is 0 Å². The van der Waals surface area contributed by atoms with Crippen molar-refractivity contribution in [3.8, 4) is 5.88 Å². The molecule has 4 nitrogen and oxygen atoms in total. The lowest BCUT2D eigenvalue weighted by molar-refractivity contribution is 0.393. The summed E-state index contributed by atoms with van der Waals surface area (Å²) in [5, 5.41) is 3.13. The van der Waals surface area contributed by atoms with Crippen LogP contribution in [0.2, 0.25) is 0 Å². The molecule has 0 aliphatic rings. The smallest absolute Gasteiger partial charge is 0.221 e. The van der Waals surface area contributed by atoms with Gasteiger partial charge in [0.05, 0.1) is 12.7 Å². The zero-order chi connectivity index (χ0) is 13.0. The normalized spacial score (nSPS) is 10.2. The van der Waals surface area contributed by atoms with Crippen LogP contribution in [0.15, 0.2) is 30.6 Å². The second-order valence-corrected chi connectivity index (χ2v) is 3.84. The quantitative estimate of drug-likeness (QED) is 0.902. The van der Waals surface area contributed by atoms with E-state index in [0.717, 1.165) is 11.1 Å². The molecular weight excluding hydrogens is 233 g/mol. The van der Waals surface area contributed by atoms with E-state index >= 15 is 0 Å². The van der Waals surface area contributed by atoms with Crippen LogP contribution in [0.1, 0.15) is 11.1 Å². The molecule has 0 unspecified atom stereocenters. The van der Waals surface area contributed by atoms with Gasteiger partial charge < -0.3 is 10.1 Å². The van der Waals surface area contributed by atoms with Crippen LogP contribution >= 0.6 is 0 Å². The molecule has 0 spiro atoms. The van der Waals surface area contributed by atoms with Gasteiger partial charge in [0.2, 0.25) is 5.88 Å². The van der Waals surface area contributed by atoms with Crippen LogP contribution in [0, 0.1) is 12.7 Å². The molecule has 0 fully saturated rings. The number of halogens is 1. The van der Waals surface area contributed by atoms with Gasteiger partial charge in [-0.1, -0.05) is 12.1 Å². The first kappa shape index (κ1) is 12.3. The van der Waals surface area contributed by atoms with E-state index in [2.05, 4.69) is 15.3 Å². The van der Waals surface area contributed by atoms with Gasteiger partial charge in [-0.2, -0.15) is 0 Å². The minimum atomic E-state index is -0.244. The summed E-state index contributed by atoms with van der Waals surface area (Å²) >= 11 is 0. The third-order valence-corrected chi connectivity index (χ3v) is 2.58. The summed E-state index contributed by atoms with van der Waals surface area (Å²) < 4.78 is 18.1. The lowest BCUT2D eigenvalue weighted by Crippen LogP contribution is -2.05. The molecule has 0 aliphatic carbocycles. The number of nitrogens with zero attached hydrogens (tertiary/aromatic N) is 2. The number of anilines is 1. The Kier molecular flexibility index (Phi) is 3.72. The average Bonchev–Trinajstić information content (AvgIpc) is 2.38. The molecule has 1 N–H and O–H groups in total. The van der Waals surface area contributed by atoms with Gasteiger partial charge in [0, 0.05) is 6.54 Å². The summed E-state index contributed by atoms with van der Waals surface area (Å²) in [6.07, 6.45) is 1.43. The molecule has 1 aromatic carbocycles. The first-order valence-electron chi connectivity index (χ1n) is 5.54. The largest absolute Gasteiger partial charge is 0.481 e. The lowest BCUT2D eigenvalue weighted by atomic mass is 10.2. The molecule has 0 saturated heterocycles. The van der Waals surface area contributed by atoms with Crippen LogP contribution in [-0.2, 0) is 6.54 Å². The first-order valence-corrected chi connectivity index (χ1v) is 5.54. The molecule has 0 radical (unpaired) electrons. The zero-order valence-corrected chi connectivity index (χ0v) is 10.3. The van der Waals surface area contributed by atoms with E-state index < -0.39 is 0 Å².